The summed E-state index contributed by atoms with van der Waals surface area (Å²) in [7, 11) is 0. The van der Waals surface area contributed by atoms with E-state index in [4.69, 9.17) is 12.2 Å². The molecule has 0 aliphatic carbocycles. The molecule has 0 amide bonds. The van der Waals surface area contributed by atoms with E-state index < -0.39 is 0 Å². The maximum Gasteiger partial charge on any atom is 0.195 e. The highest BCUT2D eigenvalue weighted by molar-refractivity contribution is 7.71. The van der Waals surface area contributed by atoms with Gasteiger partial charge in [-0.15, -0.1) is 11.3 Å². The molecular weight excluding hydrogens is 238 g/mol. The molecule has 3 nitrogen and oxygen atoms in total. The van der Waals surface area contributed by atoms with Crippen LogP contribution in [0.5, 0.6) is 0 Å². The van der Waals surface area contributed by atoms with Gasteiger partial charge >= 0.3 is 0 Å². The van der Waals surface area contributed by atoms with Gasteiger partial charge in [0.2, 0.25) is 0 Å². The molecule has 2 aromatic rings. The van der Waals surface area contributed by atoms with Gasteiger partial charge in [0.1, 0.15) is 5.82 Å². The molecule has 2 rings (SSSR count). The number of aryl methyl sites for hydroxylation is 2. The number of aromatic amines is 1. The Morgan fingerprint density at radius 2 is 2.31 bits per heavy atom. The molecule has 0 aromatic carbocycles. The van der Waals surface area contributed by atoms with E-state index in [2.05, 4.69) is 47.7 Å². The third kappa shape index (κ3) is 1.97. The van der Waals surface area contributed by atoms with E-state index in [1.165, 1.54) is 9.75 Å². The van der Waals surface area contributed by atoms with Crippen LogP contribution in [0.3, 0.4) is 0 Å². The summed E-state index contributed by atoms with van der Waals surface area (Å²) >= 11 is 7.08. The van der Waals surface area contributed by atoms with Crippen LogP contribution in [-0.4, -0.2) is 14.8 Å². The van der Waals surface area contributed by atoms with Gasteiger partial charge < -0.3 is 0 Å². The standard InChI is InChI=1S/C11H15N3S2/c1-4-10-12-13-11(15)14(10)8(3)9-6-5-7(2)16-9/h5-6,8H,4H2,1-3H3,(H,13,15). The third-order valence-corrected chi connectivity index (χ3v) is 4.11. The van der Waals surface area contributed by atoms with E-state index >= 15 is 0 Å². The van der Waals surface area contributed by atoms with Crippen molar-refractivity contribution in [2.75, 3.05) is 0 Å². The van der Waals surface area contributed by atoms with Crippen molar-refractivity contribution in [3.63, 3.8) is 0 Å². The summed E-state index contributed by atoms with van der Waals surface area (Å²) in [5, 5.41) is 7.10. The van der Waals surface area contributed by atoms with E-state index in [9.17, 15) is 0 Å². The summed E-state index contributed by atoms with van der Waals surface area (Å²) in [6.45, 7) is 6.37. The van der Waals surface area contributed by atoms with Gasteiger partial charge in [-0.3, -0.25) is 9.67 Å². The molecule has 0 saturated carbocycles. The fourth-order valence-electron chi connectivity index (χ4n) is 1.79. The average molecular weight is 253 g/mol. The lowest BCUT2D eigenvalue weighted by Crippen LogP contribution is -2.09. The average Bonchev–Trinajstić information content (AvgIpc) is 2.83. The Morgan fingerprint density at radius 3 is 2.88 bits per heavy atom. The van der Waals surface area contributed by atoms with Crippen molar-refractivity contribution in [3.8, 4) is 0 Å². The summed E-state index contributed by atoms with van der Waals surface area (Å²) in [6, 6.07) is 4.57. The number of thiophene rings is 1. The summed E-state index contributed by atoms with van der Waals surface area (Å²) in [5.41, 5.74) is 0. The molecule has 1 N–H and O–H groups in total. The number of H-pyrrole nitrogens is 1. The van der Waals surface area contributed by atoms with Gasteiger partial charge in [-0.05, 0) is 38.2 Å². The summed E-state index contributed by atoms with van der Waals surface area (Å²) in [6.07, 6.45) is 0.891. The number of hydrogen-bond acceptors (Lipinski definition) is 3. The first-order valence-corrected chi connectivity index (χ1v) is 6.58. The van der Waals surface area contributed by atoms with Crippen molar-refractivity contribution < 1.29 is 0 Å². The molecule has 0 bridgehead atoms. The fourth-order valence-corrected chi connectivity index (χ4v) is 3.02. The van der Waals surface area contributed by atoms with Gasteiger partial charge in [-0.1, -0.05) is 6.92 Å². The van der Waals surface area contributed by atoms with Gasteiger partial charge in [0.05, 0.1) is 6.04 Å². The molecule has 0 radical (unpaired) electrons. The Balaban J connectivity index is 2.44. The fraction of sp³-hybridized carbons (Fsp3) is 0.455. The molecule has 5 heteroatoms. The van der Waals surface area contributed by atoms with E-state index in [1.807, 2.05) is 11.3 Å². The van der Waals surface area contributed by atoms with Gasteiger partial charge in [-0.25, -0.2) is 0 Å². The zero-order valence-corrected chi connectivity index (χ0v) is 11.3. The van der Waals surface area contributed by atoms with Crippen molar-refractivity contribution >= 4 is 23.6 Å². The highest BCUT2D eigenvalue weighted by Gasteiger charge is 2.14. The predicted octanol–water partition coefficient (Wildman–Crippen LogP) is 3.48. The Bertz CT molecular complexity index is 535. The monoisotopic (exact) mass is 253 g/mol. The molecule has 2 heterocycles. The smallest absolute Gasteiger partial charge is 0.195 e. The number of nitrogens with one attached hydrogen (secondary N) is 1. The maximum absolute atomic E-state index is 5.27. The van der Waals surface area contributed by atoms with Crippen molar-refractivity contribution in [1.82, 2.24) is 14.8 Å². The molecule has 0 aliphatic rings. The van der Waals surface area contributed by atoms with Crippen LogP contribution in [-0.2, 0) is 6.42 Å². The van der Waals surface area contributed by atoms with E-state index in [0.717, 1.165) is 12.2 Å². The second-order valence-electron chi connectivity index (χ2n) is 3.79. The van der Waals surface area contributed by atoms with Crippen LogP contribution in [0.1, 0.15) is 35.5 Å². The second-order valence-corrected chi connectivity index (χ2v) is 5.50. The van der Waals surface area contributed by atoms with Crippen LogP contribution in [0.25, 0.3) is 0 Å². The van der Waals surface area contributed by atoms with Crippen molar-refractivity contribution in [1.29, 1.82) is 0 Å². The number of rotatable bonds is 3. The first-order chi connectivity index (χ1) is 7.63. The quantitative estimate of drug-likeness (QED) is 0.850. The predicted molar refractivity (Wildman–Crippen MR) is 69.7 cm³/mol. The van der Waals surface area contributed by atoms with Gasteiger partial charge in [0.25, 0.3) is 0 Å². The zero-order chi connectivity index (χ0) is 11.7. The van der Waals surface area contributed by atoms with E-state index in [0.29, 0.717) is 4.77 Å². The first-order valence-electron chi connectivity index (χ1n) is 5.35. The zero-order valence-electron chi connectivity index (χ0n) is 9.65. The first kappa shape index (κ1) is 11.5. The highest BCUT2D eigenvalue weighted by atomic mass is 32.1. The molecule has 2 aromatic heterocycles. The Kier molecular flexibility index (Phi) is 3.25. The molecule has 1 unspecified atom stereocenters. The molecular formula is C11H15N3S2. The minimum Gasteiger partial charge on any atom is -0.296 e. The van der Waals surface area contributed by atoms with E-state index in [1.54, 1.807) is 0 Å². The minimum absolute atomic E-state index is 0.264. The van der Waals surface area contributed by atoms with E-state index in [-0.39, 0.29) is 6.04 Å². The normalized spacial score (nSPS) is 12.9. The Labute approximate surface area is 104 Å². The van der Waals surface area contributed by atoms with Crippen molar-refractivity contribution in [2.45, 2.75) is 33.2 Å². The van der Waals surface area contributed by atoms with Crippen molar-refractivity contribution in [3.05, 3.63) is 32.5 Å². The minimum atomic E-state index is 0.264. The summed E-state index contributed by atoms with van der Waals surface area (Å²) in [5.74, 6) is 1.02. The van der Waals surface area contributed by atoms with Gasteiger partial charge in [-0.2, -0.15) is 5.10 Å². The molecule has 1 atom stereocenters. The lowest BCUT2D eigenvalue weighted by atomic mass is 10.2. The number of hydrogen-bond donors (Lipinski definition) is 1. The topological polar surface area (TPSA) is 33.6 Å². The SMILES string of the molecule is CCc1n[nH]c(=S)n1C(C)c1ccc(C)s1. The molecule has 0 spiro atoms. The number of nitrogens with zero attached hydrogens (tertiary/aromatic N) is 2. The highest BCUT2D eigenvalue weighted by Crippen LogP contribution is 2.26. The lowest BCUT2D eigenvalue weighted by Gasteiger charge is -2.13. The van der Waals surface area contributed by atoms with Crippen LogP contribution in [0, 0.1) is 11.7 Å². The van der Waals surface area contributed by atoms with Gasteiger partial charge in [0, 0.05) is 16.2 Å². The van der Waals surface area contributed by atoms with Crippen LogP contribution in [0.15, 0.2) is 12.1 Å². The Morgan fingerprint density at radius 1 is 1.56 bits per heavy atom. The van der Waals surface area contributed by atoms with Crippen molar-refractivity contribution in [2.24, 2.45) is 0 Å². The van der Waals surface area contributed by atoms with Crippen LogP contribution in [0.2, 0.25) is 0 Å². The van der Waals surface area contributed by atoms with Crippen LogP contribution >= 0.6 is 23.6 Å². The molecule has 0 saturated heterocycles. The lowest BCUT2D eigenvalue weighted by molar-refractivity contribution is 0.607. The summed E-state index contributed by atoms with van der Waals surface area (Å²) in [4.78, 5) is 2.65. The maximum atomic E-state index is 5.27. The number of aromatic nitrogens is 3. The van der Waals surface area contributed by atoms with Gasteiger partial charge in [0.15, 0.2) is 4.77 Å². The second kappa shape index (κ2) is 4.51. The van der Waals surface area contributed by atoms with Crippen LogP contribution < -0.4 is 0 Å². The molecule has 0 fully saturated rings. The largest absolute Gasteiger partial charge is 0.296 e. The van der Waals surface area contributed by atoms with Crippen LogP contribution in [0.4, 0.5) is 0 Å². The Hall–Kier alpha value is -0.940. The summed E-state index contributed by atoms with van der Waals surface area (Å²) < 4.78 is 2.80. The molecule has 0 aliphatic heterocycles. The molecule has 16 heavy (non-hydrogen) atoms. The molecule has 86 valence electrons. The third-order valence-electron chi connectivity index (χ3n) is 2.65.